The number of benzene rings is 1. The number of para-hydroxylation sites is 1. The number of esters is 1. The van der Waals surface area contributed by atoms with E-state index < -0.39 is 40.5 Å². The van der Waals surface area contributed by atoms with E-state index in [1.165, 1.54) is 0 Å². The summed E-state index contributed by atoms with van der Waals surface area (Å²) in [5, 5.41) is -1.23. The van der Waals surface area contributed by atoms with Gasteiger partial charge in [-0.2, -0.15) is 13.2 Å². The van der Waals surface area contributed by atoms with Crippen molar-refractivity contribution in [3.63, 3.8) is 0 Å². The number of halogens is 4. The zero-order valence-electron chi connectivity index (χ0n) is 16.6. The first-order valence-corrected chi connectivity index (χ1v) is 9.73. The van der Waals surface area contributed by atoms with Crippen molar-refractivity contribution >= 4 is 17.6 Å². The van der Waals surface area contributed by atoms with Gasteiger partial charge in [0.15, 0.2) is 0 Å². The van der Waals surface area contributed by atoms with Gasteiger partial charge in [0, 0.05) is 6.07 Å². The molecule has 1 saturated carbocycles. The summed E-state index contributed by atoms with van der Waals surface area (Å²) < 4.78 is 49.3. The number of hydrogen-bond donors (Lipinski definition) is 0. The van der Waals surface area contributed by atoms with E-state index in [9.17, 15) is 18.0 Å². The highest BCUT2D eigenvalue weighted by Crippen LogP contribution is 2.60. The predicted octanol–water partition coefficient (Wildman–Crippen LogP) is 6.44. The zero-order valence-corrected chi connectivity index (χ0v) is 17.4. The maximum atomic E-state index is 12.7. The number of ether oxygens (including phenoxy) is 2. The molecule has 1 aliphatic carbocycles. The smallest absolute Gasteiger partial charge is 0.426 e. The molecule has 0 radical (unpaired) electrons. The number of carbonyl (C=O) groups is 1. The van der Waals surface area contributed by atoms with Crippen LogP contribution in [0.3, 0.4) is 0 Å². The highest BCUT2D eigenvalue weighted by Gasteiger charge is 2.62. The zero-order chi connectivity index (χ0) is 22.1. The SMILES string of the molecule is CC(OC(=O)[C@H]1[C@@H](/C=C(\Cl)C(F)(F)F)C1(C)C)c1cccc(Oc2ccccc2)n1. The van der Waals surface area contributed by atoms with E-state index in [1.807, 2.05) is 18.2 Å². The molecule has 160 valence electrons. The molecule has 1 heterocycles. The Kier molecular flexibility index (Phi) is 6.13. The number of allylic oxidation sites excluding steroid dienone is 2. The van der Waals surface area contributed by atoms with Gasteiger partial charge >= 0.3 is 12.1 Å². The fraction of sp³-hybridized carbons (Fsp3) is 0.364. The number of hydrogen-bond acceptors (Lipinski definition) is 4. The van der Waals surface area contributed by atoms with Crippen LogP contribution in [-0.4, -0.2) is 17.1 Å². The molecule has 4 nitrogen and oxygen atoms in total. The monoisotopic (exact) mass is 439 g/mol. The van der Waals surface area contributed by atoms with E-state index in [0.29, 0.717) is 17.3 Å². The third kappa shape index (κ3) is 4.95. The summed E-state index contributed by atoms with van der Waals surface area (Å²) in [5.41, 5.74) is -0.205. The maximum absolute atomic E-state index is 12.7. The Morgan fingerprint density at radius 3 is 2.47 bits per heavy atom. The van der Waals surface area contributed by atoms with Crippen LogP contribution in [0.5, 0.6) is 11.6 Å². The minimum absolute atomic E-state index is 0.339. The molecule has 1 unspecified atom stereocenters. The van der Waals surface area contributed by atoms with Crippen LogP contribution >= 0.6 is 11.6 Å². The average Bonchev–Trinajstić information content (AvgIpc) is 3.22. The third-order valence-corrected chi connectivity index (χ3v) is 5.52. The Hall–Kier alpha value is -2.54. The predicted molar refractivity (Wildman–Crippen MR) is 106 cm³/mol. The van der Waals surface area contributed by atoms with E-state index in [4.69, 9.17) is 21.1 Å². The topological polar surface area (TPSA) is 48.4 Å². The van der Waals surface area contributed by atoms with Gasteiger partial charge in [-0.25, -0.2) is 4.98 Å². The summed E-state index contributed by atoms with van der Waals surface area (Å²) >= 11 is 5.33. The highest BCUT2D eigenvalue weighted by molar-refractivity contribution is 6.30. The molecule has 1 aromatic heterocycles. The van der Waals surface area contributed by atoms with Gasteiger partial charge in [-0.1, -0.05) is 55.8 Å². The Bertz CT molecular complexity index is 944. The molecule has 1 aromatic carbocycles. The number of carbonyl (C=O) groups excluding carboxylic acids is 1. The van der Waals surface area contributed by atoms with Crippen LogP contribution in [0.25, 0.3) is 0 Å². The molecule has 3 rings (SSSR count). The maximum Gasteiger partial charge on any atom is 0.426 e. The van der Waals surface area contributed by atoms with E-state index in [0.717, 1.165) is 6.08 Å². The van der Waals surface area contributed by atoms with Gasteiger partial charge < -0.3 is 9.47 Å². The largest absolute Gasteiger partial charge is 0.456 e. The van der Waals surface area contributed by atoms with Gasteiger partial charge in [-0.05, 0) is 36.5 Å². The molecule has 0 aliphatic heterocycles. The van der Waals surface area contributed by atoms with Crippen molar-refractivity contribution in [1.29, 1.82) is 0 Å². The molecule has 0 N–H and O–H groups in total. The normalized spacial score (nSPS) is 21.6. The molecule has 0 amide bonds. The summed E-state index contributed by atoms with van der Waals surface area (Å²) in [6.45, 7) is 5.06. The van der Waals surface area contributed by atoms with Gasteiger partial charge in [0.1, 0.15) is 16.9 Å². The van der Waals surface area contributed by atoms with Gasteiger partial charge in [-0.3, -0.25) is 4.79 Å². The van der Waals surface area contributed by atoms with E-state index >= 15 is 0 Å². The van der Waals surface area contributed by atoms with E-state index in [2.05, 4.69) is 4.98 Å². The van der Waals surface area contributed by atoms with Crippen LogP contribution in [0.1, 0.15) is 32.6 Å². The summed E-state index contributed by atoms with van der Waals surface area (Å²) in [6.07, 6.45) is -4.44. The molecule has 1 aliphatic rings. The quantitative estimate of drug-likeness (QED) is 0.486. The van der Waals surface area contributed by atoms with Crippen LogP contribution in [-0.2, 0) is 9.53 Å². The first-order valence-electron chi connectivity index (χ1n) is 9.35. The van der Waals surface area contributed by atoms with Crippen LogP contribution < -0.4 is 4.74 Å². The minimum atomic E-state index is -4.63. The van der Waals surface area contributed by atoms with Crippen molar-refractivity contribution < 1.29 is 27.4 Å². The molecule has 8 heteroatoms. The van der Waals surface area contributed by atoms with Crippen LogP contribution in [0.4, 0.5) is 13.2 Å². The molecular weight excluding hydrogens is 419 g/mol. The molecule has 2 aromatic rings. The van der Waals surface area contributed by atoms with Crippen LogP contribution in [0.2, 0.25) is 0 Å². The van der Waals surface area contributed by atoms with E-state index in [-0.39, 0.29) is 0 Å². The van der Waals surface area contributed by atoms with Crippen molar-refractivity contribution in [3.05, 3.63) is 65.3 Å². The second kappa shape index (κ2) is 8.30. The van der Waals surface area contributed by atoms with Crippen molar-refractivity contribution in [2.24, 2.45) is 17.3 Å². The van der Waals surface area contributed by atoms with Crippen molar-refractivity contribution in [1.82, 2.24) is 4.98 Å². The molecule has 3 atom stereocenters. The van der Waals surface area contributed by atoms with Gasteiger partial charge in [0.2, 0.25) is 5.88 Å². The van der Waals surface area contributed by atoms with Gasteiger partial charge in [-0.15, -0.1) is 0 Å². The lowest BCUT2D eigenvalue weighted by Gasteiger charge is -2.14. The second-order valence-electron chi connectivity index (χ2n) is 7.73. The lowest BCUT2D eigenvalue weighted by Crippen LogP contribution is -2.14. The molecule has 30 heavy (non-hydrogen) atoms. The Morgan fingerprint density at radius 2 is 1.83 bits per heavy atom. The Labute approximate surface area is 177 Å². The molecule has 0 spiro atoms. The summed E-state index contributed by atoms with van der Waals surface area (Å²) in [5.74, 6) is -0.989. The molecule has 0 saturated heterocycles. The summed E-state index contributed by atoms with van der Waals surface area (Å²) in [4.78, 5) is 16.9. The Morgan fingerprint density at radius 1 is 1.17 bits per heavy atom. The standard InChI is InChI=1S/C22H21ClF3NO3/c1-13(16-10-7-11-18(27-16)30-14-8-5-4-6-9-14)29-20(28)19-15(21(19,2)3)12-17(23)22(24,25)26/h4-13,15,19H,1-3H3/b17-12-/t13?,15-,19-/m1/s1. The third-order valence-electron chi connectivity index (χ3n) is 5.18. The first-order chi connectivity index (χ1) is 14.0. The number of pyridine rings is 1. The lowest BCUT2D eigenvalue weighted by molar-refractivity contribution is -0.151. The van der Waals surface area contributed by atoms with Crippen molar-refractivity contribution in [2.75, 3.05) is 0 Å². The second-order valence-corrected chi connectivity index (χ2v) is 8.14. The number of aromatic nitrogens is 1. The average molecular weight is 440 g/mol. The first kappa shape index (κ1) is 22.2. The number of rotatable bonds is 6. The van der Waals surface area contributed by atoms with Gasteiger partial charge in [0.25, 0.3) is 0 Å². The van der Waals surface area contributed by atoms with Crippen LogP contribution in [0.15, 0.2) is 59.6 Å². The number of nitrogens with zero attached hydrogens (tertiary/aromatic N) is 1. The minimum Gasteiger partial charge on any atom is -0.456 e. The van der Waals surface area contributed by atoms with Crippen LogP contribution in [0, 0.1) is 17.3 Å². The van der Waals surface area contributed by atoms with E-state index in [1.54, 1.807) is 51.1 Å². The molecular formula is C22H21ClF3NO3. The lowest BCUT2D eigenvalue weighted by atomic mass is 10.1. The number of alkyl halides is 3. The summed E-state index contributed by atoms with van der Waals surface area (Å²) in [7, 11) is 0. The van der Waals surface area contributed by atoms with Crippen molar-refractivity contribution in [3.8, 4) is 11.6 Å². The summed E-state index contributed by atoms with van der Waals surface area (Å²) in [6, 6.07) is 14.2. The fourth-order valence-corrected chi connectivity index (χ4v) is 3.46. The Balaban J connectivity index is 1.67. The molecule has 0 bridgehead atoms. The highest BCUT2D eigenvalue weighted by atomic mass is 35.5. The molecule has 1 fully saturated rings. The van der Waals surface area contributed by atoms with Crippen molar-refractivity contribution in [2.45, 2.75) is 33.1 Å². The fourth-order valence-electron chi connectivity index (χ4n) is 3.32. The van der Waals surface area contributed by atoms with Gasteiger partial charge in [0.05, 0.1) is 11.6 Å².